The van der Waals surface area contributed by atoms with E-state index in [1.54, 1.807) is 12.1 Å². The molecule has 0 bridgehead atoms. The number of carbonyl (C=O) groups excluding carboxylic acids is 2. The highest BCUT2D eigenvalue weighted by atomic mass is 16.5. The first-order chi connectivity index (χ1) is 17.6. The lowest BCUT2D eigenvalue weighted by Crippen LogP contribution is -2.60. The molecule has 3 heterocycles. The van der Waals surface area contributed by atoms with Crippen molar-refractivity contribution in [3.63, 3.8) is 0 Å². The Morgan fingerprint density at radius 1 is 0.917 bits per heavy atom. The summed E-state index contributed by atoms with van der Waals surface area (Å²) in [7, 11) is 1.69. The molecule has 3 aliphatic heterocycles. The number of carbonyl (C=O) groups is 2. The smallest absolute Gasteiger partial charge is 0.247 e. The molecule has 0 aliphatic carbocycles. The van der Waals surface area contributed by atoms with E-state index in [0.717, 1.165) is 51.4 Å². The van der Waals surface area contributed by atoms with E-state index in [1.165, 1.54) is 5.56 Å². The van der Waals surface area contributed by atoms with Gasteiger partial charge in [0.2, 0.25) is 11.8 Å². The van der Waals surface area contributed by atoms with Crippen LogP contribution < -0.4 is 10.4 Å². The minimum atomic E-state index is -0.269. The van der Waals surface area contributed by atoms with Crippen LogP contribution in [0, 0.1) is 11.8 Å². The van der Waals surface area contributed by atoms with Gasteiger partial charge in [-0.15, -0.1) is 0 Å². The van der Waals surface area contributed by atoms with Gasteiger partial charge in [0.15, 0.2) is 0 Å². The Labute approximate surface area is 213 Å². The van der Waals surface area contributed by atoms with Crippen molar-refractivity contribution in [2.75, 3.05) is 71.1 Å². The molecular formula is C28H37N5O3. The molecule has 1 N–H and O–H groups in total. The number of para-hydroxylation sites is 1. The van der Waals surface area contributed by atoms with E-state index < -0.39 is 0 Å². The summed E-state index contributed by atoms with van der Waals surface area (Å²) < 4.78 is 5.30. The summed E-state index contributed by atoms with van der Waals surface area (Å²) in [5.41, 5.74) is 5.59. The second-order valence-corrected chi connectivity index (χ2v) is 10.0. The zero-order chi connectivity index (χ0) is 24.9. The first-order valence-electron chi connectivity index (χ1n) is 13.1. The Balaban J connectivity index is 1.24. The molecule has 3 aliphatic rings. The summed E-state index contributed by atoms with van der Waals surface area (Å²) in [6.07, 6.45) is 1.02. The third kappa shape index (κ3) is 5.47. The molecule has 2 aromatic rings. The summed E-state index contributed by atoms with van der Waals surface area (Å²) >= 11 is 0. The lowest BCUT2D eigenvalue weighted by Gasteiger charge is -2.42. The molecule has 0 spiro atoms. The molecule has 0 radical (unpaired) electrons. The number of likely N-dealkylation sites (tertiary alicyclic amines) is 1. The fraction of sp³-hybridized carbons (Fsp3) is 0.500. The molecule has 0 saturated carbocycles. The first-order valence-corrected chi connectivity index (χ1v) is 13.1. The number of fused-ring (bicyclic) bond motifs is 1. The number of benzene rings is 2. The fourth-order valence-electron chi connectivity index (χ4n) is 5.70. The maximum Gasteiger partial charge on any atom is 0.247 e. The molecule has 2 amide bonds. The van der Waals surface area contributed by atoms with Crippen LogP contribution in [-0.2, 0) is 20.7 Å². The van der Waals surface area contributed by atoms with Crippen molar-refractivity contribution in [1.29, 1.82) is 0 Å². The van der Waals surface area contributed by atoms with Crippen molar-refractivity contribution >= 4 is 17.5 Å². The number of rotatable bonds is 8. The summed E-state index contributed by atoms with van der Waals surface area (Å²) in [5.74, 6) is -0.326. The molecule has 2 aromatic carbocycles. The number of ether oxygens (including phenoxy) is 1. The van der Waals surface area contributed by atoms with E-state index in [-0.39, 0.29) is 29.7 Å². The first kappa shape index (κ1) is 24.9. The van der Waals surface area contributed by atoms with Crippen LogP contribution in [0.3, 0.4) is 0 Å². The highest BCUT2D eigenvalue weighted by Gasteiger charge is 2.51. The van der Waals surface area contributed by atoms with Crippen molar-refractivity contribution in [3.05, 3.63) is 66.2 Å². The largest absolute Gasteiger partial charge is 0.383 e. The van der Waals surface area contributed by atoms with Crippen molar-refractivity contribution in [2.24, 2.45) is 11.8 Å². The van der Waals surface area contributed by atoms with Gasteiger partial charge in [0.25, 0.3) is 0 Å². The quantitative estimate of drug-likeness (QED) is 0.604. The minimum Gasteiger partial charge on any atom is -0.383 e. The van der Waals surface area contributed by atoms with Gasteiger partial charge in [-0.1, -0.05) is 48.5 Å². The normalized spacial score (nSPS) is 25.2. The van der Waals surface area contributed by atoms with Gasteiger partial charge in [-0.2, -0.15) is 0 Å². The van der Waals surface area contributed by atoms with E-state index in [9.17, 15) is 9.59 Å². The molecule has 8 heteroatoms. The second-order valence-electron chi connectivity index (χ2n) is 10.0. The molecule has 3 saturated heterocycles. The Kier molecular flexibility index (Phi) is 7.96. The molecule has 192 valence electrons. The average molecular weight is 492 g/mol. The van der Waals surface area contributed by atoms with Gasteiger partial charge in [-0.25, -0.2) is 10.4 Å². The van der Waals surface area contributed by atoms with Crippen LogP contribution in [0.25, 0.3) is 0 Å². The van der Waals surface area contributed by atoms with Crippen LogP contribution in [0.15, 0.2) is 60.7 Å². The number of methoxy groups -OCH3 is 1. The molecule has 3 unspecified atom stereocenters. The van der Waals surface area contributed by atoms with Crippen molar-refractivity contribution in [2.45, 2.75) is 12.5 Å². The Morgan fingerprint density at radius 2 is 1.61 bits per heavy atom. The number of anilines is 1. The highest BCUT2D eigenvalue weighted by molar-refractivity contribution is 5.98. The van der Waals surface area contributed by atoms with Gasteiger partial charge in [0.1, 0.15) is 0 Å². The Morgan fingerprint density at radius 3 is 2.31 bits per heavy atom. The Bertz CT molecular complexity index is 1010. The second kappa shape index (κ2) is 11.5. The molecule has 3 fully saturated rings. The molecule has 36 heavy (non-hydrogen) atoms. The van der Waals surface area contributed by atoms with Crippen LogP contribution >= 0.6 is 0 Å². The van der Waals surface area contributed by atoms with Gasteiger partial charge >= 0.3 is 0 Å². The molecule has 8 nitrogen and oxygen atoms in total. The fourth-order valence-corrected chi connectivity index (χ4v) is 5.70. The standard InChI is InChI=1S/C28H37N5O3/c1-36-19-18-31-20-24(26-25(21-31)28(35)33(29-26)23-10-6-3-7-11-23)27(34)32-16-14-30(15-17-32)13-12-22-8-4-2-5-9-22/h2-11,24-26,29H,12-21H2,1H3. The van der Waals surface area contributed by atoms with Gasteiger partial charge < -0.3 is 9.64 Å². The van der Waals surface area contributed by atoms with Crippen molar-refractivity contribution < 1.29 is 14.3 Å². The van der Waals surface area contributed by atoms with E-state index >= 15 is 0 Å². The van der Waals surface area contributed by atoms with Crippen molar-refractivity contribution in [1.82, 2.24) is 20.1 Å². The number of nitrogens with one attached hydrogen (secondary N) is 1. The Hall–Kier alpha value is -2.78. The van der Waals surface area contributed by atoms with E-state index in [0.29, 0.717) is 19.7 Å². The number of piperidine rings is 1. The summed E-state index contributed by atoms with van der Waals surface area (Å²) in [5, 5.41) is 1.65. The highest BCUT2D eigenvalue weighted by Crippen LogP contribution is 2.32. The lowest BCUT2D eigenvalue weighted by molar-refractivity contribution is -0.141. The van der Waals surface area contributed by atoms with Crippen molar-refractivity contribution in [3.8, 4) is 0 Å². The van der Waals surface area contributed by atoms with Crippen LogP contribution in [-0.4, -0.2) is 98.6 Å². The van der Waals surface area contributed by atoms with E-state index in [1.807, 2.05) is 41.3 Å². The maximum absolute atomic E-state index is 13.8. The summed E-state index contributed by atoms with van der Waals surface area (Å²) in [6.45, 7) is 6.82. The van der Waals surface area contributed by atoms with Gasteiger partial charge in [0, 0.05) is 59.5 Å². The minimum absolute atomic E-state index is 0.0387. The van der Waals surface area contributed by atoms with Gasteiger partial charge in [-0.05, 0) is 24.1 Å². The predicted molar refractivity (Wildman–Crippen MR) is 139 cm³/mol. The van der Waals surface area contributed by atoms with Crippen LogP contribution in [0.1, 0.15) is 5.56 Å². The van der Waals surface area contributed by atoms with Crippen LogP contribution in [0.2, 0.25) is 0 Å². The summed E-state index contributed by atoms with van der Waals surface area (Å²) in [4.78, 5) is 33.9. The van der Waals surface area contributed by atoms with E-state index in [2.05, 4.69) is 39.5 Å². The number of piperazine rings is 1. The third-order valence-electron chi connectivity index (χ3n) is 7.78. The number of hydrogen-bond acceptors (Lipinski definition) is 6. The van der Waals surface area contributed by atoms with E-state index in [4.69, 9.17) is 4.74 Å². The maximum atomic E-state index is 13.8. The number of nitrogens with zero attached hydrogens (tertiary/aromatic N) is 4. The molecule has 3 atom stereocenters. The number of amides is 2. The lowest BCUT2D eigenvalue weighted by atomic mass is 9.83. The monoisotopic (exact) mass is 491 g/mol. The van der Waals surface area contributed by atoms with Crippen LogP contribution in [0.4, 0.5) is 5.69 Å². The van der Waals surface area contributed by atoms with Crippen LogP contribution in [0.5, 0.6) is 0 Å². The number of hydrazine groups is 1. The molecule has 0 aromatic heterocycles. The topological polar surface area (TPSA) is 68.4 Å². The van der Waals surface area contributed by atoms with Gasteiger partial charge in [0.05, 0.1) is 30.2 Å². The summed E-state index contributed by atoms with van der Waals surface area (Å²) in [6, 6.07) is 20.0. The van der Waals surface area contributed by atoms with Gasteiger partial charge in [-0.3, -0.25) is 19.4 Å². The number of hydrogen-bond donors (Lipinski definition) is 1. The average Bonchev–Trinajstić information content (AvgIpc) is 3.27. The SMILES string of the molecule is COCCN1CC(C(=O)N2CCN(CCc3ccccc3)CC2)C2NN(c3ccccc3)C(=O)C2C1. The zero-order valence-electron chi connectivity index (χ0n) is 21.1. The third-order valence-corrected chi connectivity index (χ3v) is 7.78. The zero-order valence-corrected chi connectivity index (χ0v) is 21.1. The molecular weight excluding hydrogens is 454 g/mol. The molecule has 5 rings (SSSR count). The predicted octanol–water partition coefficient (Wildman–Crippen LogP) is 1.49.